The number of amides is 1. The third-order valence-electron chi connectivity index (χ3n) is 3.86. The van der Waals surface area contributed by atoms with Crippen LogP contribution in [0.2, 0.25) is 0 Å². The number of piperidine rings is 1. The molecule has 2 N–H and O–H groups in total. The highest BCUT2D eigenvalue weighted by Gasteiger charge is 2.32. The molecule has 2 saturated heterocycles. The Balaban J connectivity index is 1.89. The second kappa shape index (κ2) is 5.15. The summed E-state index contributed by atoms with van der Waals surface area (Å²) in [7, 11) is 0. The van der Waals surface area contributed by atoms with Gasteiger partial charge in [-0.25, -0.2) is 0 Å². The fourth-order valence-corrected chi connectivity index (χ4v) is 2.72. The molecule has 0 saturated carbocycles. The van der Waals surface area contributed by atoms with Crippen molar-refractivity contribution in [2.45, 2.75) is 44.8 Å². The van der Waals surface area contributed by atoms with Gasteiger partial charge in [0.05, 0.1) is 12.1 Å². The van der Waals surface area contributed by atoms with Crippen LogP contribution in [0.4, 0.5) is 0 Å². The summed E-state index contributed by atoms with van der Waals surface area (Å²) < 4.78 is 0. The molecule has 0 aliphatic carbocycles. The summed E-state index contributed by atoms with van der Waals surface area (Å²) in [6.45, 7) is 4.38. The number of likely N-dealkylation sites (tertiary alicyclic amines) is 1. The molecule has 3 atom stereocenters. The van der Waals surface area contributed by atoms with Crippen LogP contribution >= 0.6 is 0 Å². The van der Waals surface area contributed by atoms with Crippen LogP contribution in [0.25, 0.3) is 0 Å². The SMILES string of the molecule is CCC1CCNC(C(=O)N2CCC(O)C2)C1. The lowest BCUT2D eigenvalue weighted by Gasteiger charge is -2.31. The van der Waals surface area contributed by atoms with E-state index in [1.807, 2.05) is 0 Å². The van der Waals surface area contributed by atoms with Crippen LogP contribution in [0.1, 0.15) is 32.6 Å². The molecule has 2 aliphatic rings. The smallest absolute Gasteiger partial charge is 0.239 e. The number of nitrogens with zero attached hydrogens (tertiary/aromatic N) is 1. The molecule has 16 heavy (non-hydrogen) atoms. The molecule has 2 aliphatic heterocycles. The van der Waals surface area contributed by atoms with Crippen LogP contribution in [-0.2, 0) is 4.79 Å². The number of carbonyl (C=O) groups excluding carboxylic acids is 1. The maximum absolute atomic E-state index is 12.2. The molecule has 2 rings (SSSR count). The Morgan fingerprint density at radius 2 is 2.31 bits per heavy atom. The van der Waals surface area contributed by atoms with Crippen LogP contribution in [0, 0.1) is 5.92 Å². The highest BCUT2D eigenvalue weighted by atomic mass is 16.3. The van der Waals surface area contributed by atoms with Gasteiger partial charge in [0.15, 0.2) is 0 Å². The lowest BCUT2D eigenvalue weighted by Crippen LogP contribution is -2.49. The number of aliphatic hydroxyl groups is 1. The van der Waals surface area contributed by atoms with Crippen molar-refractivity contribution < 1.29 is 9.90 Å². The van der Waals surface area contributed by atoms with Gasteiger partial charge < -0.3 is 15.3 Å². The van der Waals surface area contributed by atoms with Gasteiger partial charge in [-0.2, -0.15) is 0 Å². The van der Waals surface area contributed by atoms with Gasteiger partial charge in [-0.1, -0.05) is 13.3 Å². The van der Waals surface area contributed by atoms with Crippen LogP contribution < -0.4 is 5.32 Å². The van der Waals surface area contributed by atoms with E-state index < -0.39 is 0 Å². The topological polar surface area (TPSA) is 52.6 Å². The Labute approximate surface area is 97.0 Å². The van der Waals surface area contributed by atoms with E-state index in [1.54, 1.807) is 4.90 Å². The predicted molar refractivity (Wildman–Crippen MR) is 62.0 cm³/mol. The third-order valence-corrected chi connectivity index (χ3v) is 3.86. The minimum Gasteiger partial charge on any atom is -0.391 e. The van der Waals surface area contributed by atoms with Crippen molar-refractivity contribution in [3.05, 3.63) is 0 Å². The van der Waals surface area contributed by atoms with E-state index in [1.165, 1.54) is 6.42 Å². The maximum Gasteiger partial charge on any atom is 0.239 e. The first-order valence-electron chi connectivity index (χ1n) is 6.41. The Hall–Kier alpha value is -0.610. The van der Waals surface area contributed by atoms with Crippen molar-refractivity contribution in [1.82, 2.24) is 10.2 Å². The molecule has 2 heterocycles. The highest BCUT2D eigenvalue weighted by molar-refractivity contribution is 5.82. The Morgan fingerprint density at radius 1 is 1.50 bits per heavy atom. The van der Waals surface area contributed by atoms with Gasteiger partial charge in [-0.05, 0) is 31.7 Å². The van der Waals surface area contributed by atoms with Gasteiger partial charge in [-0.15, -0.1) is 0 Å². The van der Waals surface area contributed by atoms with E-state index in [0.717, 1.165) is 32.4 Å². The molecular weight excluding hydrogens is 204 g/mol. The largest absolute Gasteiger partial charge is 0.391 e. The summed E-state index contributed by atoms with van der Waals surface area (Å²) in [5.74, 6) is 0.873. The summed E-state index contributed by atoms with van der Waals surface area (Å²) in [6, 6.07) is -0.0102. The molecule has 0 spiro atoms. The molecule has 0 radical (unpaired) electrons. The normalized spacial score (nSPS) is 35.4. The molecule has 0 aromatic carbocycles. The maximum atomic E-state index is 12.2. The van der Waals surface area contributed by atoms with Crippen LogP contribution in [-0.4, -0.2) is 47.7 Å². The summed E-state index contributed by atoms with van der Waals surface area (Å²) in [4.78, 5) is 14.0. The molecule has 92 valence electrons. The van der Waals surface area contributed by atoms with Crippen molar-refractivity contribution >= 4 is 5.91 Å². The number of carbonyl (C=O) groups is 1. The molecule has 0 bridgehead atoms. The monoisotopic (exact) mass is 226 g/mol. The average Bonchev–Trinajstić information content (AvgIpc) is 2.75. The minimum atomic E-state index is -0.311. The Kier molecular flexibility index (Phi) is 3.82. The van der Waals surface area contributed by atoms with Gasteiger partial charge >= 0.3 is 0 Å². The fourth-order valence-electron chi connectivity index (χ4n) is 2.72. The second-order valence-electron chi connectivity index (χ2n) is 5.03. The van der Waals surface area contributed by atoms with Crippen molar-refractivity contribution in [2.75, 3.05) is 19.6 Å². The number of hydrogen-bond acceptors (Lipinski definition) is 3. The van der Waals surface area contributed by atoms with Gasteiger partial charge in [-0.3, -0.25) is 4.79 Å². The first-order chi connectivity index (χ1) is 7.70. The number of nitrogens with one attached hydrogen (secondary N) is 1. The van der Waals surface area contributed by atoms with Gasteiger partial charge in [0, 0.05) is 13.1 Å². The number of hydrogen-bond donors (Lipinski definition) is 2. The highest BCUT2D eigenvalue weighted by Crippen LogP contribution is 2.21. The zero-order valence-corrected chi connectivity index (χ0v) is 9.98. The number of rotatable bonds is 2. The molecule has 0 aromatic rings. The molecule has 3 unspecified atom stereocenters. The van der Waals surface area contributed by atoms with E-state index >= 15 is 0 Å². The average molecular weight is 226 g/mol. The van der Waals surface area contributed by atoms with Crippen LogP contribution in [0.15, 0.2) is 0 Å². The van der Waals surface area contributed by atoms with E-state index in [0.29, 0.717) is 12.5 Å². The first-order valence-corrected chi connectivity index (χ1v) is 6.41. The number of aliphatic hydroxyl groups excluding tert-OH is 1. The van der Waals surface area contributed by atoms with Crippen molar-refractivity contribution in [1.29, 1.82) is 0 Å². The Bertz CT molecular complexity index is 257. The third kappa shape index (κ3) is 2.55. The minimum absolute atomic E-state index is 0.0102. The molecular formula is C12H22N2O2. The van der Waals surface area contributed by atoms with E-state index in [2.05, 4.69) is 12.2 Å². The summed E-state index contributed by atoms with van der Waals surface area (Å²) in [5.41, 5.74) is 0. The van der Waals surface area contributed by atoms with Crippen LogP contribution in [0.5, 0.6) is 0 Å². The van der Waals surface area contributed by atoms with Crippen molar-refractivity contribution in [2.24, 2.45) is 5.92 Å². The lowest BCUT2D eigenvalue weighted by molar-refractivity contribution is -0.133. The zero-order chi connectivity index (χ0) is 11.5. The standard InChI is InChI=1S/C12H22N2O2/c1-2-9-3-5-13-11(7-9)12(16)14-6-4-10(15)8-14/h9-11,13,15H,2-8H2,1H3. The molecule has 0 aromatic heterocycles. The molecule has 1 amide bonds. The predicted octanol–water partition coefficient (Wildman–Crippen LogP) is 0.358. The second-order valence-corrected chi connectivity index (χ2v) is 5.03. The van der Waals surface area contributed by atoms with Crippen LogP contribution in [0.3, 0.4) is 0 Å². The van der Waals surface area contributed by atoms with Crippen molar-refractivity contribution in [3.8, 4) is 0 Å². The molecule has 4 nitrogen and oxygen atoms in total. The summed E-state index contributed by atoms with van der Waals surface area (Å²) >= 11 is 0. The van der Waals surface area contributed by atoms with Crippen molar-refractivity contribution in [3.63, 3.8) is 0 Å². The van der Waals surface area contributed by atoms with E-state index in [9.17, 15) is 9.90 Å². The number of β-amino-alcohol motifs (C(OH)–C–C–N with tert-alkyl or cyclic N) is 1. The summed E-state index contributed by atoms with van der Waals surface area (Å²) in [5, 5.41) is 12.7. The summed E-state index contributed by atoms with van der Waals surface area (Å²) in [6.07, 6.45) is 3.73. The van der Waals surface area contributed by atoms with E-state index in [4.69, 9.17) is 0 Å². The van der Waals surface area contributed by atoms with Gasteiger partial charge in [0.1, 0.15) is 0 Å². The van der Waals surface area contributed by atoms with Gasteiger partial charge in [0.25, 0.3) is 0 Å². The lowest BCUT2D eigenvalue weighted by atomic mass is 9.90. The fraction of sp³-hybridized carbons (Fsp3) is 0.917. The van der Waals surface area contributed by atoms with Gasteiger partial charge in [0.2, 0.25) is 5.91 Å². The molecule has 4 heteroatoms. The quantitative estimate of drug-likeness (QED) is 0.715. The zero-order valence-electron chi connectivity index (χ0n) is 9.98. The molecule has 2 fully saturated rings. The Morgan fingerprint density at radius 3 is 2.94 bits per heavy atom. The first kappa shape index (κ1) is 11.9. The van der Waals surface area contributed by atoms with E-state index in [-0.39, 0.29) is 18.1 Å².